The van der Waals surface area contributed by atoms with E-state index in [0.717, 1.165) is 0 Å². The zero-order valence-electron chi connectivity index (χ0n) is 13.8. The van der Waals surface area contributed by atoms with Crippen molar-refractivity contribution in [2.24, 2.45) is 0 Å². The number of nitrogens with zero attached hydrogens (tertiary/aromatic N) is 3. The first-order chi connectivity index (χ1) is 12.6. The average Bonchev–Trinajstić information content (AvgIpc) is 2.67. The third-order valence-electron chi connectivity index (χ3n) is 3.61. The molecule has 1 aromatic carbocycles. The summed E-state index contributed by atoms with van der Waals surface area (Å²) in [5, 5.41) is 3.06. The summed E-state index contributed by atoms with van der Waals surface area (Å²) in [6.07, 6.45) is 3.79. The fourth-order valence-electron chi connectivity index (χ4n) is 2.33. The van der Waals surface area contributed by atoms with E-state index < -0.39 is 18.0 Å². The lowest BCUT2D eigenvalue weighted by atomic mass is 10.1. The smallest absolute Gasteiger partial charge is 0.341 e. The summed E-state index contributed by atoms with van der Waals surface area (Å²) in [6.45, 7) is 1.75. The van der Waals surface area contributed by atoms with Crippen LogP contribution in [0, 0.1) is 0 Å². The molecule has 8 heteroatoms. The summed E-state index contributed by atoms with van der Waals surface area (Å²) in [5.74, 6) is -0.783. The normalized spacial score (nSPS) is 11.8. The van der Waals surface area contributed by atoms with Gasteiger partial charge in [0, 0.05) is 18.6 Å². The number of halogens is 1. The Morgan fingerprint density at radius 2 is 1.96 bits per heavy atom. The minimum absolute atomic E-state index is 0.256. The Balaban J connectivity index is 1.75. The van der Waals surface area contributed by atoms with Gasteiger partial charge in [-0.25, -0.2) is 9.78 Å². The number of ether oxygens (including phenoxy) is 1. The highest BCUT2D eigenvalue weighted by Gasteiger charge is 2.23. The summed E-state index contributed by atoms with van der Waals surface area (Å²) in [7, 11) is 0. The maximum absolute atomic E-state index is 12.5. The Labute approximate surface area is 154 Å². The largest absolute Gasteiger partial charge is 0.449 e. The molecular weight excluding hydrogens is 356 g/mol. The third-order valence-corrected chi connectivity index (χ3v) is 3.83. The zero-order valence-corrected chi connectivity index (χ0v) is 14.6. The van der Waals surface area contributed by atoms with Crippen LogP contribution in [0.3, 0.4) is 0 Å². The van der Waals surface area contributed by atoms with Gasteiger partial charge in [-0.3, -0.25) is 14.8 Å². The van der Waals surface area contributed by atoms with Gasteiger partial charge >= 0.3 is 5.97 Å². The number of carbonyl (C=O) groups is 2. The highest BCUT2D eigenvalue weighted by Crippen LogP contribution is 2.17. The highest BCUT2D eigenvalue weighted by atomic mass is 35.5. The minimum atomic E-state index is -0.966. The van der Waals surface area contributed by atoms with Crippen LogP contribution in [0.2, 0.25) is 5.02 Å². The van der Waals surface area contributed by atoms with Crippen LogP contribution in [0.15, 0.2) is 48.9 Å². The maximum Gasteiger partial charge on any atom is 0.341 e. The molecule has 3 aromatic rings. The van der Waals surface area contributed by atoms with Gasteiger partial charge in [0.1, 0.15) is 11.3 Å². The van der Waals surface area contributed by atoms with E-state index in [1.165, 1.54) is 12.4 Å². The van der Waals surface area contributed by atoms with Crippen LogP contribution >= 0.6 is 11.6 Å². The number of aromatic nitrogens is 3. The molecule has 0 bridgehead atoms. The molecule has 3 rings (SSSR count). The molecular formula is C18H15ClN4O3. The number of esters is 1. The Kier molecular flexibility index (Phi) is 5.38. The molecule has 0 saturated heterocycles. The number of anilines is 1. The number of rotatable bonds is 5. The van der Waals surface area contributed by atoms with Gasteiger partial charge in [-0.15, -0.1) is 0 Å². The third kappa shape index (κ3) is 3.94. The molecule has 1 N–H and O–H groups in total. The topological polar surface area (TPSA) is 94.1 Å². The van der Waals surface area contributed by atoms with Gasteiger partial charge in [0.15, 0.2) is 6.10 Å². The van der Waals surface area contributed by atoms with Crippen LogP contribution < -0.4 is 5.32 Å². The zero-order chi connectivity index (χ0) is 18.5. The summed E-state index contributed by atoms with van der Waals surface area (Å²) in [4.78, 5) is 37.2. The minimum Gasteiger partial charge on any atom is -0.449 e. The summed E-state index contributed by atoms with van der Waals surface area (Å²) in [5.41, 5.74) is 1.26. The number of hydrogen-bond acceptors (Lipinski definition) is 6. The standard InChI is InChI=1S/C18H15ClN4O3/c1-2-14(17(24)23-15-7-6-11(19)10-22-15)26-18(25)12-4-3-5-13-16(12)21-9-8-20-13/h3-10,14H,2H2,1H3,(H,22,23,24). The number of fused-ring (bicyclic) bond motifs is 1. The van der Waals surface area contributed by atoms with Crippen molar-refractivity contribution in [1.82, 2.24) is 15.0 Å². The van der Waals surface area contributed by atoms with Crippen molar-refractivity contribution < 1.29 is 14.3 Å². The second kappa shape index (κ2) is 7.88. The van der Waals surface area contributed by atoms with Gasteiger partial charge in [0.25, 0.3) is 5.91 Å². The fourth-order valence-corrected chi connectivity index (χ4v) is 2.44. The molecule has 0 aliphatic carbocycles. The molecule has 0 aliphatic rings. The van der Waals surface area contributed by atoms with Crippen molar-refractivity contribution in [2.45, 2.75) is 19.4 Å². The number of amides is 1. The van der Waals surface area contributed by atoms with E-state index in [9.17, 15) is 9.59 Å². The van der Waals surface area contributed by atoms with Crippen molar-refractivity contribution >= 4 is 40.3 Å². The van der Waals surface area contributed by atoms with Crippen molar-refractivity contribution in [1.29, 1.82) is 0 Å². The second-order valence-electron chi connectivity index (χ2n) is 5.38. The Morgan fingerprint density at radius 1 is 1.15 bits per heavy atom. The molecule has 1 amide bonds. The van der Waals surface area contributed by atoms with Crippen molar-refractivity contribution in [2.75, 3.05) is 5.32 Å². The molecule has 0 saturated carbocycles. The van der Waals surface area contributed by atoms with Crippen LogP contribution in [-0.4, -0.2) is 32.9 Å². The molecule has 2 heterocycles. The number of carbonyl (C=O) groups excluding carboxylic acids is 2. The number of hydrogen-bond donors (Lipinski definition) is 1. The first-order valence-electron chi connectivity index (χ1n) is 7.91. The predicted molar refractivity (Wildman–Crippen MR) is 96.9 cm³/mol. The van der Waals surface area contributed by atoms with Gasteiger partial charge < -0.3 is 10.1 Å². The Morgan fingerprint density at radius 3 is 2.69 bits per heavy atom. The number of para-hydroxylation sites is 1. The van der Waals surface area contributed by atoms with E-state index in [1.807, 2.05) is 0 Å². The molecule has 1 atom stereocenters. The van der Waals surface area contributed by atoms with Gasteiger partial charge in [-0.05, 0) is 30.7 Å². The molecule has 1 unspecified atom stereocenters. The van der Waals surface area contributed by atoms with Crippen LogP contribution in [0.25, 0.3) is 11.0 Å². The first kappa shape index (κ1) is 17.8. The first-order valence-corrected chi connectivity index (χ1v) is 8.29. The lowest BCUT2D eigenvalue weighted by molar-refractivity contribution is -0.124. The van der Waals surface area contributed by atoms with E-state index in [-0.39, 0.29) is 5.56 Å². The highest BCUT2D eigenvalue weighted by molar-refractivity contribution is 6.30. The van der Waals surface area contributed by atoms with Crippen molar-refractivity contribution in [3.63, 3.8) is 0 Å². The van der Waals surface area contributed by atoms with Gasteiger partial charge in [0.2, 0.25) is 0 Å². The van der Waals surface area contributed by atoms with Crippen LogP contribution in [0.4, 0.5) is 5.82 Å². The van der Waals surface area contributed by atoms with E-state index in [2.05, 4.69) is 20.3 Å². The van der Waals surface area contributed by atoms with Gasteiger partial charge in [-0.1, -0.05) is 24.6 Å². The molecule has 0 aliphatic heterocycles. The van der Waals surface area contributed by atoms with Crippen LogP contribution in [0.5, 0.6) is 0 Å². The van der Waals surface area contributed by atoms with E-state index in [1.54, 1.807) is 43.5 Å². The molecule has 0 spiro atoms. The van der Waals surface area contributed by atoms with E-state index in [4.69, 9.17) is 16.3 Å². The van der Waals surface area contributed by atoms with Crippen molar-refractivity contribution in [3.05, 3.63) is 59.5 Å². The summed E-state index contributed by atoms with van der Waals surface area (Å²) < 4.78 is 5.38. The maximum atomic E-state index is 12.5. The monoisotopic (exact) mass is 370 g/mol. The quantitative estimate of drug-likeness (QED) is 0.693. The van der Waals surface area contributed by atoms with E-state index >= 15 is 0 Å². The van der Waals surface area contributed by atoms with Gasteiger partial charge in [-0.2, -0.15) is 0 Å². The molecule has 132 valence electrons. The van der Waals surface area contributed by atoms with E-state index in [0.29, 0.717) is 28.3 Å². The molecule has 0 fully saturated rings. The number of nitrogens with one attached hydrogen (secondary N) is 1. The van der Waals surface area contributed by atoms with Gasteiger partial charge in [0.05, 0.1) is 16.1 Å². The van der Waals surface area contributed by atoms with Crippen molar-refractivity contribution in [3.8, 4) is 0 Å². The molecule has 2 aromatic heterocycles. The van der Waals surface area contributed by atoms with Crippen LogP contribution in [0.1, 0.15) is 23.7 Å². The fraction of sp³-hybridized carbons (Fsp3) is 0.167. The lowest BCUT2D eigenvalue weighted by Gasteiger charge is -2.16. The molecule has 26 heavy (non-hydrogen) atoms. The van der Waals surface area contributed by atoms with Crippen LogP contribution in [-0.2, 0) is 9.53 Å². The predicted octanol–water partition coefficient (Wildman–Crippen LogP) is 3.25. The average molecular weight is 371 g/mol. The number of benzene rings is 1. The Hall–Kier alpha value is -3.06. The molecule has 0 radical (unpaired) electrons. The molecule has 7 nitrogen and oxygen atoms in total. The number of pyridine rings is 1. The summed E-state index contributed by atoms with van der Waals surface area (Å²) in [6, 6.07) is 8.19. The lowest BCUT2D eigenvalue weighted by Crippen LogP contribution is -2.32. The Bertz CT molecular complexity index is 941. The second-order valence-corrected chi connectivity index (χ2v) is 5.82. The summed E-state index contributed by atoms with van der Waals surface area (Å²) >= 11 is 5.77. The SMILES string of the molecule is CCC(OC(=O)c1cccc2nccnc12)C(=O)Nc1ccc(Cl)cn1.